The van der Waals surface area contributed by atoms with E-state index in [1.54, 1.807) is 5.57 Å². The molecule has 9 atom stereocenters. The maximum Gasteiger partial charge on any atom is 0.0577 e. The molecule has 1 nitrogen and oxygen atoms in total. The quantitative estimate of drug-likeness (QED) is 0.436. The van der Waals surface area contributed by atoms with E-state index in [2.05, 4.69) is 47.6 Å². The fraction of sp³-hybridized carbons (Fsp3) is 0.931. The van der Waals surface area contributed by atoms with Gasteiger partial charge in [0.15, 0.2) is 0 Å². The van der Waals surface area contributed by atoms with E-state index >= 15 is 0 Å². The van der Waals surface area contributed by atoms with Gasteiger partial charge in [0.25, 0.3) is 0 Å². The van der Waals surface area contributed by atoms with Gasteiger partial charge in [0, 0.05) is 0 Å². The summed E-state index contributed by atoms with van der Waals surface area (Å²) in [5.41, 5.74) is 2.58. The summed E-state index contributed by atoms with van der Waals surface area (Å²) in [7, 11) is 0. The normalized spacial score (nSPS) is 45.3. The molecule has 0 amide bonds. The number of hydrogen-bond acceptors (Lipinski definition) is 1. The highest BCUT2D eigenvalue weighted by molar-refractivity contribution is 5.25. The topological polar surface area (TPSA) is 20.2 Å². The van der Waals surface area contributed by atoms with Gasteiger partial charge in [0.05, 0.1) is 6.10 Å². The summed E-state index contributed by atoms with van der Waals surface area (Å²) < 4.78 is 0. The number of rotatable bonds is 6. The standard InChI is InChI=1S/C29H50O/c1-7-21(16-19(2)3)17-20(4)25-10-11-26-24-9-8-22-18-23(30)12-14-28(22,5)27(24)13-15-29(25,26)6/h8,19-21,23-27,30H,7,9-18H2,1-6H3/t20-,21+,23+,24?,25-,26?,27?,28+,29-/m1/s1. The summed E-state index contributed by atoms with van der Waals surface area (Å²) in [6.07, 6.45) is 17.1. The van der Waals surface area contributed by atoms with Crippen molar-refractivity contribution in [1.82, 2.24) is 0 Å². The molecule has 3 saturated carbocycles. The third-order valence-corrected chi connectivity index (χ3v) is 10.9. The Morgan fingerprint density at radius 3 is 2.47 bits per heavy atom. The molecule has 1 N–H and O–H groups in total. The third-order valence-electron chi connectivity index (χ3n) is 10.9. The number of aliphatic hydroxyl groups excluding tert-OH is 1. The molecule has 0 bridgehead atoms. The van der Waals surface area contributed by atoms with E-state index in [1.807, 2.05) is 0 Å². The second-order valence-electron chi connectivity index (χ2n) is 13.0. The molecule has 1 heteroatoms. The molecule has 0 spiro atoms. The van der Waals surface area contributed by atoms with E-state index in [9.17, 15) is 5.11 Å². The average molecular weight is 415 g/mol. The minimum Gasteiger partial charge on any atom is -0.393 e. The lowest BCUT2D eigenvalue weighted by molar-refractivity contribution is -0.0582. The summed E-state index contributed by atoms with van der Waals surface area (Å²) >= 11 is 0. The molecule has 0 aromatic carbocycles. The first-order chi connectivity index (χ1) is 14.2. The van der Waals surface area contributed by atoms with Crippen molar-refractivity contribution >= 4 is 0 Å². The number of aliphatic hydroxyl groups is 1. The Kier molecular flexibility index (Phi) is 6.53. The molecule has 0 heterocycles. The van der Waals surface area contributed by atoms with E-state index in [4.69, 9.17) is 0 Å². The summed E-state index contributed by atoms with van der Waals surface area (Å²) in [5, 5.41) is 10.3. The molecule has 0 aromatic rings. The van der Waals surface area contributed by atoms with E-state index in [0.29, 0.717) is 10.8 Å². The van der Waals surface area contributed by atoms with E-state index in [1.165, 1.54) is 57.8 Å². The Balaban J connectivity index is 1.50. The molecule has 4 aliphatic carbocycles. The van der Waals surface area contributed by atoms with Gasteiger partial charge < -0.3 is 5.11 Å². The second kappa shape index (κ2) is 8.57. The zero-order valence-electron chi connectivity index (χ0n) is 20.9. The van der Waals surface area contributed by atoms with Crippen LogP contribution in [0.15, 0.2) is 11.6 Å². The maximum absolute atomic E-state index is 10.3. The summed E-state index contributed by atoms with van der Waals surface area (Å²) in [6, 6.07) is 0. The van der Waals surface area contributed by atoms with Gasteiger partial charge in [-0.25, -0.2) is 0 Å². The molecule has 0 saturated heterocycles. The predicted molar refractivity (Wildman–Crippen MR) is 128 cm³/mol. The number of fused-ring (bicyclic) bond motifs is 5. The van der Waals surface area contributed by atoms with Crippen molar-refractivity contribution in [3.63, 3.8) is 0 Å². The number of allylic oxidation sites excluding steroid dienone is 1. The van der Waals surface area contributed by atoms with Crippen LogP contribution in [0.1, 0.15) is 112 Å². The SMILES string of the molecule is CC[C@@H](CC(C)C)C[C@@H](C)[C@H]1CCC2C3CC=C4C[C@@H](O)CC[C@]4(C)C3CC[C@@]21C. The van der Waals surface area contributed by atoms with Crippen LogP contribution in [-0.2, 0) is 0 Å². The lowest BCUT2D eigenvalue weighted by atomic mass is 9.47. The molecular weight excluding hydrogens is 364 g/mol. The highest BCUT2D eigenvalue weighted by atomic mass is 16.3. The molecule has 30 heavy (non-hydrogen) atoms. The molecule has 172 valence electrons. The third kappa shape index (κ3) is 3.84. The van der Waals surface area contributed by atoms with Gasteiger partial charge in [-0.2, -0.15) is 0 Å². The van der Waals surface area contributed by atoms with Crippen LogP contribution in [0.25, 0.3) is 0 Å². The molecule has 0 radical (unpaired) electrons. The van der Waals surface area contributed by atoms with Crippen molar-refractivity contribution in [2.45, 2.75) is 118 Å². The Morgan fingerprint density at radius 1 is 1.00 bits per heavy atom. The van der Waals surface area contributed by atoms with Gasteiger partial charge >= 0.3 is 0 Å². The van der Waals surface area contributed by atoms with Gasteiger partial charge in [-0.15, -0.1) is 0 Å². The van der Waals surface area contributed by atoms with Crippen LogP contribution in [0.2, 0.25) is 0 Å². The molecular formula is C29H50O. The Morgan fingerprint density at radius 2 is 1.77 bits per heavy atom. The Hall–Kier alpha value is -0.300. The van der Waals surface area contributed by atoms with Crippen LogP contribution in [0.5, 0.6) is 0 Å². The average Bonchev–Trinajstić information content (AvgIpc) is 3.05. The fourth-order valence-electron chi connectivity index (χ4n) is 9.40. The van der Waals surface area contributed by atoms with Crippen LogP contribution >= 0.6 is 0 Å². The van der Waals surface area contributed by atoms with Crippen molar-refractivity contribution in [3.8, 4) is 0 Å². The molecule has 0 aliphatic heterocycles. The minimum absolute atomic E-state index is 0.0798. The van der Waals surface area contributed by atoms with Crippen LogP contribution in [0.3, 0.4) is 0 Å². The van der Waals surface area contributed by atoms with Crippen molar-refractivity contribution in [2.24, 2.45) is 52.3 Å². The summed E-state index contributed by atoms with van der Waals surface area (Å²) in [4.78, 5) is 0. The summed E-state index contributed by atoms with van der Waals surface area (Å²) in [6.45, 7) is 15.1. The lowest BCUT2D eigenvalue weighted by Gasteiger charge is -2.58. The van der Waals surface area contributed by atoms with Crippen LogP contribution < -0.4 is 0 Å². The minimum atomic E-state index is -0.0798. The highest BCUT2D eigenvalue weighted by Crippen LogP contribution is 2.67. The van der Waals surface area contributed by atoms with Crippen molar-refractivity contribution in [3.05, 3.63) is 11.6 Å². The van der Waals surface area contributed by atoms with Gasteiger partial charge in [0.1, 0.15) is 0 Å². The molecule has 3 unspecified atom stereocenters. The largest absolute Gasteiger partial charge is 0.393 e. The predicted octanol–water partition coefficient (Wildman–Crippen LogP) is 8.02. The van der Waals surface area contributed by atoms with Gasteiger partial charge in [-0.3, -0.25) is 0 Å². The van der Waals surface area contributed by atoms with Crippen LogP contribution in [0, 0.1) is 52.3 Å². The van der Waals surface area contributed by atoms with E-state index in [0.717, 1.165) is 54.3 Å². The zero-order chi connectivity index (χ0) is 21.7. The van der Waals surface area contributed by atoms with E-state index < -0.39 is 0 Å². The van der Waals surface area contributed by atoms with Gasteiger partial charge in [-0.1, -0.05) is 59.6 Å². The van der Waals surface area contributed by atoms with E-state index in [-0.39, 0.29) is 6.10 Å². The monoisotopic (exact) mass is 414 g/mol. The maximum atomic E-state index is 10.3. The first-order valence-corrected chi connectivity index (χ1v) is 13.6. The molecule has 4 rings (SSSR count). The first-order valence-electron chi connectivity index (χ1n) is 13.6. The van der Waals surface area contributed by atoms with Crippen molar-refractivity contribution in [2.75, 3.05) is 0 Å². The van der Waals surface area contributed by atoms with Crippen molar-refractivity contribution in [1.29, 1.82) is 0 Å². The summed E-state index contributed by atoms with van der Waals surface area (Å²) in [5.74, 6) is 6.31. The lowest BCUT2D eigenvalue weighted by Crippen LogP contribution is -2.50. The zero-order valence-corrected chi connectivity index (χ0v) is 20.9. The Bertz CT molecular complexity index is 634. The molecule has 0 aromatic heterocycles. The van der Waals surface area contributed by atoms with Crippen LogP contribution in [0.4, 0.5) is 0 Å². The van der Waals surface area contributed by atoms with Crippen molar-refractivity contribution < 1.29 is 5.11 Å². The molecule has 4 aliphatic rings. The van der Waals surface area contributed by atoms with Gasteiger partial charge in [-0.05, 0) is 116 Å². The van der Waals surface area contributed by atoms with Crippen LogP contribution in [-0.4, -0.2) is 11.2 Å². The highest BCUT2D eigenvalue weighted by Gasteiger charge is 2.59. The smallest absolute Gasteiger partial charge is 0.0577 e. The number of hydrogen-bond donors (Lipinski definition) is 1. The first kappa shape index (κ1) is 22.9. The second-order valence-corrected chi connectivity index (χ2v) is 13.0. The fourth-order valence-corrected chi connectivity index (χ4v) is 9.40. The molecule has 3 fully saturated rings. The Labute approximate surface area is 187 Å². The van der Waals surface area contributed by atoms with Gasteiger partial charge in [0.2, 0.25) is 0 Å².